The van der Waals surface area contributed by atoms with Crippen molar-refractivity contribution in [2.45, 2.75) is 77.6 Å². The summed E-state index contributed by atoms with van der Waals surface area (Å²) in [6.45, 7) is 2.96. The number of carboxylic acid groups (broad SMARTS) is 2. The summed E-state index contributed by atoms with van der Waals surface area (Å²) in [7, 11) is 0. The van der Waals surface area contributed by atoms with Gasteiger partial charge in [0.1, 0.15) is 0 Å². The summed E-state index contributed by atoms with van der Waals surface area (Å²) in [6.07, 6.45) is 14.0. The molecule has 0 spiro atoms. The van der Waals surface area contributed by atoms with E-state index >= 15 is 0 Å². The molecule has 150 valence electrons. The molecule has 1 aromatic carbocycles. The van der Waals surface area contributed by atoms with E-state index in [9.17, 15) is 9.59 Å². The predicted octanol–water partition coefficient (Wildman–Crippen LogP) is 4.51. The number of anilines is 1. The Bertz CT molecular complexity index is 535. The summed E-state index contributed by atoms with van der Waals surface area (Å²) in [4.78, 5) is 22.2. The Hall–Kier alpha value is -0.0400. The minimum atomic E-state index is -1.12. The number of benzene rings is 1. The van der Waals surface area contributed by atoms with Crippen LogP contribution < -0.4 is 5.32 Å². The maximum absolute atomic E-state index is 11.1. The number of unbranched alkanes of at least 4 members (excludes halogenated alkanes) is 10. The summed E-state index contributed by atoms with van der Waals surface area (Å²) in [5.41, 5.74) is 0.534. The molecule has 0 atom stereocenters. The Labute approximate surface area is 213 Å². The number of rotatable bonds is 15. The third kappa shape index (κ3) is 14.0. The van der Waals surface area contributed by atoms with Gasteiger partial charge in [-0.25, -0.2) is 9.59 Å². The van der Waals surface area contributed by atoms with Gasteiger partial charge in [0, 0.05) is 12.2 Å². The van der Waals surface area contributed by atoms with Gasteiger partial charge in [-0.2, -0.15) is 0 Å². The molecule has 0 bridgehead atoms. The van der Waals surface area contributed by atoms with Gasteiger partial charge in [0.25, 0.3) is 0 Å². The third-order valence-electron chi connectivity index (χ3n) is 4.54. The van der Waals surface area contributed by atoms with E-state index in [1.54, 1.807) is 0 Å². The zero-order valence-corrected chi connectivity index (χ0v) is 15.9. The first-order valence-electron chi connectivity index (χ1n) is 9.90. The molecule has 0 fully saturated rings. The Morgan fingerprint density at radius 2 is 1.11 bits per heavy atom. The van der Waals surface area contributed by atoms with Gasteiger partial charge < -0.3 is 15.5 Å². The molecule has 3 N–H and O–H groups in total. The molecule has 0 amide bonds. The van der Waals surface area contributed by atoms with E-state index in [-0.39, 0.29) is 70.2 Å². The summed E-state index contributed by atoms with van der Waals surface area (Å²) < 4.78 is 0. The fraction of sp³-hybridized carbons (Fsp3) is 0.619. The average Bonchev–Trinajstić information content (AvgIpc) is 2.62. The van der Waals surface area contributed by atoms with Crippen molar-refractivity contribution in [1.29, 1.82) is 0 Å². The minimum absolute atomic E-state index is 0. The Balaban J connectivity index is 0. The van der Waals surface area contributed by atoms with E-state index in [0.29, 0.717) is 5.69 Å². The topological polar surface area (TPSA) is 86.6 Å². The van der Waals surface area contributed by atoms with Crippen LogP contribution in [0.15, 0.2) is 18.2 Å². The van der Waals surface area contributed by atoms with Gasteiger partial charge in [-0.05, 0) is 24.6 Å². The van der Waals surface area contributed by atoms with Gasteiger partial charge >= 0.3 is 71.1 Å². The number of hydrogen-bond acceptors (Lipinski definition) is 3. The van der Waals surface area contributed by atoms with Crippen molar-refractivity contribution in [3.8, 4) is 0 Å². The first kappa shape index (κ1) is 30.2. The quantitative estimate of drug-likeness (QED) is 0.292. The molecule has 0 saturated heterocycles. The predicted molar refractivity (Wildman–Crippen MR) is 120 cm³/mol. The van der Waals surface area contributed by atoms with Gasteiger partial charge in [-0.15, -0.1) is 0 Å². The number of hydrogen-bond donors (Lipinski definition) is 3. The molecule has 7 heteroatoms. The van der Waals surface area contributed by atoms with Crippen molar-refractivity contribution in [3.05, 3.63) is 29.3 Å². The molecule has 0 aliphatic heterocycles. The Morgan fingerprint density at radius 1 is 0.714 bits per heavy atom. The van der Waals surface area contributed by atoms with Crippen molar-refractivity contribution in [3.63, 3.8) is 0 Å². The Morgan fingerprint density at radius 3 is 1.50 bits per heavy atom. The fourth-order valence-corrected chi connectivity index (χ4v) is 3.00. The van der Waals surface area contributed by atoms with Gasteiger partial charge in [0.15, 0.2) is 0 Å². The van der Waals surface area contributed by atoms with Gasteiger partial charge in [-0.1, -0.05) is 71.1 Å². The third-order valence-corrected chi connectivity index (χ3v) is 4.54. The van der Waals surface area contributed by atoms with Crippen molar-refractivity contribution >= 4 is 76.7 Å². The van der Waals surface area contributed by atoms with E-state index in [1.807, 2.05) is 0 Å². The van der Waals surface area contributed by atoms with Crippen LogP contribution in [0.25, 0.3) is 0 Å². The van der Waals surface area contributed by atoms with Gasteiger partial charge in [0.2, 0.25) is 0 Å². The van der Waals surface area contributed by atoms with Crippen LogP contribution in [0.5, 0.6) is 0 Å². The van der Waals surface area contributed by atoms with E-state index in [4.69, 9.17) is 10.2 Å². The molecule has 1 aromatic rings. The van der Waals surface area contributed by atoms with Crippen molar-refractivity contribution in [2.75, 3.05) is 11.9 Å². The van der Waals surface area contributed by atoms with E-state index in [2.05, 4.69) is 12.2 Å². The molecular formula is C21H35NNa2O4. The first-order chi connectivity index (χ1) is 12.5. The summed E-state index contributed by atoms with van der Waals surface area (Å²) in [5.74, 6) is -2.24. The summed E-state index contributed by atoms with van der Waals surface area (Å²) in [5, 5.41) is 21.3. The summed E-state index contributed by atoms with van der Waals surface area (Å²) in [6, 6.07) is 4.14. The number of aromatic carboxylic acids is 2. The number of carboxylic acids is 2. The maximum atomic E-state index is 11.1. The molecule has 0 radical (unpaired) electrons. The van der Waals surface area contributed by atoms with Crippen LogP contribution in [0, 0.1) is 0 Å². The van der Waals surface area contributed by atoms with Crippen LogP contribution in [0.3, 0.4) is 0 Å². The van der Waals surface area contributed by atoms with Crippen LogP contribution in [-0.4, -0.2) is 87.8 Å². The second kappa shape index (κ2) is 19.0. The zero-order valence-electron chi connectivity index (χ0n) is 15.9. The van der Waals surface area contributed by atoms with Crippen molar-refractivity contribution in [1.82, 2.24) is 0 Å². The van der Waals surface area contributed by atoms with Crippen LogP contribution in [0.2, 0.25) is 0 Å². The van der Waals surface area contributed by atoms with Crippen molar-refractivity contribution in [2.24, 2.45) is 0 Å². The molecule has 1 rings (SSSR count). The number of nitrogens with one attached hydrogen (secondary N) is 1. The van der Waals surface area contributed by atoms with Crippen molar-refractivity contribution < 1.29 is 19.8 Å². The monoisotopic (exact) mass is 411 g/mol. The molecule has 0 unspecified atom stereocenters. The van der Waals surface area contributed by atoms with E-state index in [0.717, 1.165) is 19.4 Å². The fourth-order valence-electron chi connectivity index (χ4n) is 3.00. The average molecular weight is 411 g/mol. The molecular weight excluding hydrogens is 376 g/mol. The van der Waals surface area contributed by atoms with E-state index in [1.165, 1.54) is 76.0 Å². The number of carbonyl (C=O) groups is 2. The normalized spacial score (nSPS) is 9.89. The second-order valence-corrected chi connectivity index (χ2v) is 6.87. The molecule has 0 aromatic heterocycles. The standard InChI is InChI=1S/C21H33NO4.2Na.2H/c1-2-3-4-5-6-7-8-9-10-11-12-13-22-19-15-17(20(23)24)14-18(16-19)21(25)26;;;;/h14-16,22H,2-13H2,1H3,(H,23,24)(H,25,26);;;;. The Kier molecular flexibility index (Phi) is 20.4. The van der Waals surface area contributed by atoms with Gasteiger partial charge in [-0.3, -0.25) is 0 Å². The summed E-state index contributed by atoms with van der Waals surface area (Å²) >= 11 is 0. The molecule has 0 saturated carbocycles. The molecule has 5 nitrogen and oxygen atoms in total. The molecule has 0 aliphatic rings. The first-order valence-corrected chi connectivity index (χ1v) is 9.90. The second-order valence-electron chi connectivity index (χ2n) is 6.87. The van der Waals surface area contributed by atoms with Crippen LogP contribution >= 0.6 is 0 Å². The van der Waals surface area contributed by atoms with E-state index < -0.39 is 11.9 Å². The SMILES string of the molecule is CCCCCCCCCCCCCNc1cc(C(=O)O)cc(C(=O)O)c1.[NaH].[NaH]. The molecule has 0 heterocycles. The zero-order chi connectivity index (χ0) is 19.2. The van der Waals surface area contributed by atoms with Crippen LogP contribution in [0.4, 0.5) is 5.69 Å². The molecule has 28 heavy (non-hydrogen) atoms. The van der Waals surface area contributed by atoms with Crippen LogP contribution in [0.1, 0.15) is 98.3 Å². The van der Waals surface area contributed by atoms with Crippen LogP contribution in [-0.2, 0) is 0 Å². The molecule has 0 aliphatic carbocycles. The van der Waals surface area contributed by atoms with Gasteiger partial charge in [0.05, 0.1) is 11.1 Å².